The third kappa shape index (κ3) is 4.50. The number of aliphatic hydroxyl groups excluding tert-OH is 1. The van der Waals surface area contributed by atoms with Crippen molar-refractivity contribution in [1.29, 1.82) is 0 Å². The van der Waals surface area contributed by atoms with Gasteiger partial charge < -0.3 is 19.9 Å². The van der Waals surface area contributed by atoms with Crippen molar-refractivity contribution in [2.24, 2.45) is 0 Å². The lowest BCUT2D eigenvalue weighted by molar-refractivity contribution is -0.0478. The number of alkyl halides is 2. The molecule has 2 N–H and O–H groups in total. The Kier molecular flexibility index (Phi) is 6.51. The summed E-state index contributed by atoms with van der Waals surface area (Å²) in [5, 5.41) is 11.1. The Morgan fingerprint density at radius 1 is 1.25 bits per heavy atom. The molecule has 1 aromatic carbocycles. The van der Waals surface area contributed by atoms with Crippen LogP contribution in [0.25, 0.3) is 0 Å². The number of rotatable bonds is 8. The van der Waals surface area contributed by atoms with Crippen molar-refractivity contribution in [3.05, 3.63) is 17.7 Å². The second-order valence-electron chi connectivity index (χ2n) is 4.14. The highest BCUT2D eigenvalue weighted by Crippen LogP contribution is 2.34. The van der Waals surface area contributed by atoms with Gasteiger partial charge in [-0.25, -0.2) is 8.78 Å². The van der Waals surface area contributed by atoms with Crippen LogP contribution in [0.15, 0.2) is 17.0 Å². The van der Waals surface area contributed by atoms with Crippen LogP contribution in [0.2, 0.25) is 0 Å². The number of methoxy groups -OCH3 is 2. The minimum absolute atomic E-state index is 0.256. The molecule has 114 valence electrons. The molecule has 0 aliphatic carbocycles. The first-order chi connectivity index (χ1) is 9.47. The lowest BCUT2D eigenvalue weighted by Crippen LogP contribution is -2.35. The first-order valence-corrected chi connectivity index (χ1v) is 7.18. The van der Waals surface area contributed by atoms with E-state index in [1.54, 1.807) is 13.2 Å². The van der Waals surface area contributed by atoms with Gasteiger partial charge in [-0.05, 0) is 24.0 Å². The van der Waals surface area contributed by atoms with Gasteiger partial charge in [-0.15, -0.1) is 11.8 Å². The smallest absolute Gasteiger partial charge is 0.282 e. The van der Waals surface area contributed by atoms with Crippen molar-refractivity contribution in [3.63, 3.8) is 0 Å². The van der Waals surface area contributed by atoms with Crippen LogP contribution in [0.3, 0.4) is 0 Å². The second kappa shape index (κ2) is 7.66. The molecule has 4 nitrogen and oxygen atoms in total. The van der Waals surface area contributed by atoms with E-state index in [2.05, 4.69) is 5.32 Å². The molecule has 0 aliphatic heterocycles. The average molecular weight is 307 g/mol. The summed E-state index contributed by atoms with van der Waals surface area (Å²) < 4.78 is 36.3. The van der Waals surface area contributed by atoms with E-state index in [-0.39, 0.29) is 6.54 Å². The van der Waals surface area contributed by atoms with E-state index in [1.807, 2.05) is 12.3 Å². The van der Waals surface area contributed by atoms with Crippen LogP contribution >= 0.6 is 11.8 Å². The normalized spacial score (nSPS) is 11.5. The summed E-state index contributed by atoms with van der Waals surface area (Å²) in [5.74, 6) is -1.96. The van der Waals surface area contributed by atoms with Gasteiger partial charge >= 0.3 is 0 Å². The standard InChI is InChI=1S/C13H19F2NO3S/c1-18-10-4-9(6-16-7-13(14,15)8-17)12(20-3)5-11(10)19-2/h4-5,16-17H,6-8H2,1-3H3. The van der Waals surface area contributed by atoms with Gasteiger partial charge in [0.1, 0.15) is 6.61 Å². The molecular formula is C13H19F2NO3S. The Hall–Kier alpha value is -1.05. The maximum atomic E-state index is 12.9. The van der Waals surface area contributed by atoms with Crippen LogP contribution in [0.4, 0.5) is 8.78 Å². The number of ether oxygens (including phenoxy) is 2. The predicted octanol–water partition coefficient (Wildman–Crippen LogP) is 2.14. The van der Waals surface area contributed by atoms with Crippen LogP contribution in [0, 0.1) is 0 Å². The summed E-state index contributed by atoms with van der Waals surface area (Å²) in [4.78, 5) is 0.919. The van der Waals surface area contributed by atoms with Crippen LogP contribution in [0.5, 0.6) is 11.5 Å². The maximum Gasteiger partial charge on any atom is 0.282 e. The van der Waals surface area contributed by atoms with Crippen molar-refractivity contribution < 1.29 is 23.4 Å². The van der Waals surface area contributed by atoms with E-state index in [4.69, 9.17) is 14.6 Å². The van der Waals surface area contributed by atoms with Gasteiger partial charge in [0.25, 0.3) is 5.92 Å². The molecule has 0 amide bonds. The highest BCUT2D eigenvalue weighted by atomic mass is 32.2. The Morgan fingerprint density at radius 2 is 1.85 bits per heavy atom. The van der Waals surface area contributed by atoms with Crippen LogP contribution in [-0.2, 0) is 6.54 Å². The van der Waals surface area contributed by atoms with Crippen molar-refractivity contribution in [1.82, 2.24) is 5.32 Å². The molecule has 0 saturated carbocycles. The van der Waals surface area contributed by atoms with Gasteiger partial charge in [0.2, 0.25) is 0 Å². The van der Waals surface area contributed by atoms with Crippen molar-refractivity contribution in [2.45, 2.75) is 17.4 Å². The zero-order valence-corrected chi connectivity index (χ0v) is 12.5. The molecule has 0 atom stereocenters. The molecule has 0 aliphatic rings. The van der Waals surface area contributed by atoms with E-state index in [0.29, 0.717) is 11.5 Å². The monoisotopic (exact) mass is 307 g/mol. The molecule has 0 bridgehead atoms. The Balaban J connectivity index is 2.83. The van der Waals surface area contributed by atoms with Crippen molar-refractivity contribution in [2.75, 3.05) is 33.6 Å². The molecule has 0 unspecified atom stereocenters. The zero-order valence-electron chi connectivity index (χ0n) is 11.7. The number of aliphatic hydroxyl groups is 1. The van der Waals surface area contributed by atoms with Crippen LogP contribution < -0.4 is 14.8 Å². The number of hydrogen-bond acceptors (Lipinski definition) is 5. The molecule has 0 aromatic heterocycles. The number of nitrogens with one attached hydrogen (secondary N) is 1. The maximum absolute atomic E-state index is 12.9. The first-order valence-electron chi connectivity index (χ1n) is 5.95. The van der Waals surface area contributed by atoms with E-state index in [0.717, 1.165) is 10.5 Å². The molecule has 7 heteroatoms. The Bertz CT molecular complexity index is 444. The average Bonchev–Trinajstić information content (AvgIpc) is 2.46. The van der Waals surface area contributed by atoms with Crippen LogP contribution in [-0.4, -0.2) is 44.7 Å². The number of thioether (sulfide) groups is 1. The second-order valence-corrected chi connectivity index (χ2v) is 4.98. The Labute approximate surface area is 121 Å². The van der Waals surface area contributed by atoms with Crippen molar-refractivity contribution in [3.8, 4) is 11.5 Å². The van der Waals surface area contributed by atoms with Crippen LogP contribution in [0.1, 0.15) is 5.56 Å². The number of halogens is 2. The van der Waals surface area contributed by atoms with Gasteiger partial charge in [-0.2, -0.15) is 0 Å². The summed E-state index contributed by atoms with van der Waals surface area (Å²) in [6.45, 7) is -1.49. The first kappa shape index (κ1) is 17.0. The third-order valence-electron chi connectivity index (χ3n) is 2.72. The third-order valence-corrected chi connectivity index (χ3v) is 3.54. The minimum Gasteiger partial charge on any atom is -0.493 e. The highest BCUT2D eigenvalue weighted by molar-refractivity contribution is 7.98. The van der Waals surface area contributed by atoms with E-state index in [9.17, 15) is 8.78 Å². The molecule has 0 fully saturated rings. The molecule has 0 radical (unpaired) electrons. The van der Waals surface area contributed by atoms with Gasteiger partial charge in [-0.1, -0.05) is 0 Å². The van der Waals surface area contributed by atoms with Gasteiger partial charge in [0.15, 0.2) is 11.5 Å². The topological polar surface area (TPSA) is 50.7 Å². The molecule has 0 spiro atoms. The largest absolute Gasteiger partial charge is 0.493 e. The van der Waals surface area contributed by atoms with Gasteiger partial charge in [0, 0.05) is 11.4 Å². The molecule has 0 heterocycles. The highest BCUT2D eigenvalue weighted by Gasteiger charge is 2.26. The minimum atomic E-state index is -3.12. The fourth-order valence-electron chi connectivity index (χ4n) is 1.67. The lowest BCUT2D eigenvalue weighted by Gasteiger charge is -2.16. The molecule has 0 saturated heterocycles. The molecule has 1 rings (SSSR count). The van der Waals surface area contributed by atoms with E-state index in [1.165, 1.54) is 18.9 Å². The fraction of sp³-hybridized carbons (Fsp3) is 0.538. The Morgan fingerprint density at radius 3 is 2.35 bits per heavy atom. The quantitative estimate of drug-likeness (QED) is 0.721. The SMILES string of the molecule is COc1cc(CNCC(F)(F)CO)c(SC)cc1OC. The predicted molar refractivity (Wildman–Crippen MR) is 75.1 cm³/mol. The number of benzene rings is 1. The summed E-state index contributed by atoms with van der Waals surface area (Å²) in [6, 6.07) is 3.57. The summed E-state index contributed by atoms with van der Waals surface area (Å²) in [6.07, 6.45) is 1.90. The van der Waals surface area contributed by atoms with E-state index < -0.39 is 19.1 Å². The van der Waals surface area contributed by atoms with Gasteiger partial charge in [-0.3, -0.25) is 0 Å². The van der Waals surface area contributed by atoms with E-state index >= 15 is 0 Å². The van der Waals surface area contributed by atoms with Gasteiger partial charge in [0.05, 0.1) is 20.8 Å². The lowest BCUT2D eigenvalue weighted by atomic mass is 10.2. The molecule has 20 heavy (non-hydrogen) atoms. The number of hydrogen-bond donors (Lipinski definition) is 2. The molecule has 1 aromatic rings. The summed E-state index contributed by atoms with van der Waals surface area (Å²) in [7, 11) is 3.06. The van der Waals surface area contributed by atoms with Crippen molar-refractivity contribution >= 4 is 11.8 Å². The fourth-order valence-corrected chi connectivity index (χ4v) is 2.28. The molecular weight excluding hydrogens is 288 g/mol. The summed E-state index contributed by atoms with van der Waals surface area (Å²) in [5.41, 5.74) is 0.837. The zero-order chi connectivity index (χ0) is 15.2. The summed E-state index contributed by atoms with van der Waals surface area (Å²) >= 11 is 1.50.